The van der Waals surface area contributed by atoms with Gasteiger partial charge in [-0.25, -0.2) is 9.78 Å². The van der Waals surface area contributed by atoms with E-state index >= 15 is 0 Å². The number of amides is 2. The van der Waals surface area contributed by atoms with Crippen LogP contribution in [0, 0.1) is 11.8 Å². The molecule has 0 saturated carbocycles. The van der Waals surface area contributed by atoms with E-state index < -0.39 is 0 Å². The van der Waals surface area contributed by atoms with Crippen molar-refractivity contribution in [3.05, 3.63) is 23.9 Å². The molecule has 3 rings (SSSR count). The number of aromatic nitrogens is 1. The second kappa shape index (κ2) is 7.17. The van der Waals surface area contributed by atoms with Gasteiger partial charge < -0.3 is 20.4 Å². The molecule has 2 atom stereocenters. The number of nitrogens with one attached hydrogen (secondary N) is 2. The second-order valence-electron chi connectivity index (χ2n) is 6.78. The SMILES string of the molecule is CN(C)c1cccc(CNC(=O)N2CC[C@@H]3CNC[C@@H]3CC2)n1. The Morgan fingerprint density at radius 2 is 2.00 bits per heavy atom. The largest absolute Gasteiger partial charge is 0.363 e. The third-order valence-electron chi connectivity index (χ3n) is 4.98. The molecule has 3 heterocycles. The van der Waals surface area contributed by atoms with E-state index in [1.54, 1.807) is 0 Å². The van der Waals surface area contributed by atoms with Crippen molar-refractivity contribution in [2.75, 3.05) is 45.2 Å². The van der Waals surface area contributed by atoms with Gasteiger partial charge in [-0.2, -0.15) is 0 Å². The third kappa shape index (κ3) is 3.93. The number of carbonyl (C=O) groups is 1. The van der Waals surface area contributed by atoms with Crippen molar-refractivity contribution in [2.45, 2.75) is 19.4 Å². The minimum absolute atomic E-state index is 0.0370. The molecule has 1 aromatic heterocycles. The molecule has 0 radical (unpaired) electrons. The van der Waals surface area contributed by atoms with E-state index in [0.717, 1.165) is 62.4 Å². The monoisotopic (exact) mass is 317 g/mol. The minimum Gasteiger partial charge on any atom is -0.363 e. The summed E-state index contributed by atoms with van der Waals surface area (Å²) in [6.07, 6.45) is 2.22. The Balaban J connectivity index is 1.52. The van der Waals surface area contributed by atoms with Crippen LogP contribution in [0.1, 0.15) is 18.5 Å². The first kappa shape index (κ1) is 16.1. The standard InChI is InChI=1S/C17H27N5O/c1-21(2)16-5-3-4-15(20-16)12-19-17(23)22-8-6-13-10-18-11-14(13)7-9-22/h3-5,13-14,18H,6-12H2,1-2H3,(H,19,23)/t13-,14+. The fourth-order valence-electron chi connectivity index (χ4n) is 3.51. The number of nitrogens with zero attached hydrogens (tertiary/aromatic N) is 3. The van der Waals surface area contributed by atoms with Gasteiger partial charge in [0.1, 0.15) is 5.82 Å². The summed E-state index contributed by atoms with van der Waals surface area (Å²) in [4.78, 5) is 20.9. The molecule has 2 saturated heterocycles. The molecule has 0 aliphatic carbocycles. The van der Waals surface area contributed by atoms with Crippen molar-refractivity contribution >= 4 is 11.8 Å². The highest BCUT2D eigenvalue weighted by Gasteiger charge is 2.31. The summed E-state index contributed by atoms with van der Waals surface area (Å²) in [5.74, 6) is 2.39. The summed E-state index contributed by atoms with van der Waals surface area (Å²) in [7, 11) is 3.93. The molecular weight excluding hydrogens is 290 g/mol. The average molecular weight is 317 g/mol. The van der Waals surface area contributed by atoms with Crippen molar-refractivity contribution in [3.8, 4) is 0 Å². The molecule has 0 bridgehead atoms. The lowest BCUT2D eigenvalue weighted by molar-refractivity contribution is 0.198. The van der Waals surface area contributed by atoms with Crippen molar-refractivity contribution < 1.29 is 4.79 Å². The Bertz CT molecular complexity index is 534. The lowest BCUT2D eigenvalue weighted by Gasteiger charge is -2.21. The highest BCUT2D eigenvalue weighted by molar-refractivity contribution is 5.74. The fraction of sp³-hybridized carbons (Fsp3) is 0.647. The Morgan fingerprint density at radius 1 is 1.30 bits per heavy atom. The van der Waals surface area contributed by atoms with Crippen LogP contribution in [0.5, 0.6) is 0 Å². The van der Waals surface area contributed by atoms with Crippen LogP contribution in [0.15, 0.2) is 18.2 Å². The second-order valence-corrected chi connectivity index (χ2v) is 6.78. The van der Waals surface area contributed by atoms with Crippen LogP contribution in [0.3, 0.4) is 0 Å². The first-order valence-electron chi connectivity index (χ1n) is 8.50. The van der Waals surface area contributed by atoms with E-state index in [-0.39, 0.29) is 6.03 Å². The van der Waals surface area contributed by atoms with Crippen LogP contribution in [0.25, 0.3) is 0 Å². The van der Waals surface area contributed by atoms with Crippen molar-refractivity contribution in [1.29, 1.82) is 0 Å². The molecule has 1 aromatic rings. The van der Waals surface area contributed by atoms with Crippen LogP contribution in [0.4, 0.5) is 10.6 Å². The van der Waals surface area contributed by atoms with Crippen LogP contribution >= 0.6 is 0 Å². The number of urea groups is 1. The Morgan fingerprint density at radius 3 is 2.65 bits per heavy atom. The van der Waals surface area contributed by atoms with Gasteiger partial charge in [-0.15, -0.1) is 0 Å². The van der Waals surface area contributed by atoms with E-state index in [0.29, 0.717) is 6.54 Å². The quantitative estimate of drug-likeness (QED) is 0.882. The molecule has 23 heavy (non-hydrogen) atoms. The van der Waals surface area contributed by atoms with Crippen molar-refractivity contribution in [2.24, 2.45) is 11.8 Å². The zero-order valence-corrected chi connectivity index (χ0v) is 14.1. The number of rotatable bonds is 3. The highest BCUT2D eigenvalue weighted by Crippen LogP contribution is 2.27. The molecule has 6 nitrogen and oxygen atoms in total. The summed E-state index contributed by atoms with van der Waals surface area (Å²) < 4.78 is 0. The van der Waals surface area contributed by atoms with Crippen molar-refractivity contribution in [1.82, 2.24) is 20.5 Å². The van der Waals surface area contributed by atoms with Gasteiger partial charge in [0.05, 0.1) is 12.2 Å². The zero-order valence-electron chi connectivity index (χ0n) is 14.1. The maximum absolute atomic E-state index is 12.4. The van der Waals surface area contributed by atoms with E-state index in [9.17, 15) is 4.79 Å². The molecule has 2 aliphatic rings. The number of carbonyl (C=O) groups excluding carboxylic acids is 1. The van der Waals surface area contributed by atoms with Crippen LogP contribution in [-0.2, 0) is 6.54 Å². The molecule has 6 heteroatoms. The first-order valence-corrected chi connectivity index (χ1v) is 8.50. The molecular formula is C17H27N5O. The number of pyridine rings is 1. The summed E-state index contributed by atoms with van der Waals surface area (Å²) in [6, 6.07) is 5.93. The topological polar surface area (TPSA) is 60.5 Å². The van der Waals surface area contributed by atoms with Gasteiger partial charge in [0, 0.05) is 27.2 Å². The summed E-state index contributed by atoms with van der Waals surface area (Å²) in [5, 5.41) is 6.48. The van der Waals surface area contributed by atoms with Gasteiger partial charge in [0.25, 0.3) is 0 Å². The van der Waals surface area contributed by atoms with Gasteiger partial charge in [-0.3, -0.25) is 0 Å². The van der Waals surface area contributed by atoms with Crippen LogP contribution in [0.2, 0.25) is 0 Å². The molecule has 0 aromatic carbocycles. The van der Waals surface area contributed by atoms with Gasteiger partial charge in [0.2, 0.25) is 0 Å². The highest BCUT2D eigenvalue weighted by atomic mass is 16.2. The maximum Gasteiger partial charge on any atom is 0.317 e. The first-order chi connectivity index (χ1) is 11.1. The molecule has 2 aliphatic heterocycles. The van der Waals surface area contributed by atoms with E-state index in [4.69, 9.17) is 0 Å². The number of anilines is 1. The smallest absolute Gasteiger partial charge is 0.317 e. The lowest BCUT2D eigenvalue weighted by Crippen LogP contribution is -2.40. The van der Waals surface area contributed by atoms with E-state index in [1.807, 2.05) is 42.1 Å². The number of hydrogen-bond donors (Lipinski definition) is 2. The number of fused-ring (bicyclic) bond motifs is 1. The zero-order chi connectivity index (χ0) is 16.2. The lowest BCUT2D eigenvalue weighted by atomic mass is 9.92. The van der Waals surface area contributed by atoms with Gasteiger partial charge in [0.15, 0.2) is 0 Å². The predicted molar refractivity (Wildman–Crippen MR) is 91.5 cm³/mol. The number of likely N-dealkylation sites (tertiary alicyclic amines) is 1. The van der Waals surface area contributed by atoms with Gasteiger partial charge in [-0.05, 0) is 49.9 Å². The predicted octanol–water partition coefficient (Wildman–Crippen LogP) is 1.29. The molecule has 2 fully saturated rings. The van der Waals surface area contributed by atoms with E-state index in [2.05, 4.69) is 15.6 Å². The molecule has 0 unspecified atom stereocenters. The average Bonchev–Trinajstić information content (AvgIpc) is 2.91. The molecule has 0 spiro atoms. The summed E-state index contributed by atoms with van der Waals surface area (Å²) in [6.45, 7) is 4.42. The van der Waals surface area contributed by atoms with E-state index in [1.165, 1.54) is 0 Å². The fourth-order valence-corrected chi connectivity index (χ4v) is 3.51. The van der Waals surface area contributed by atoms with Crippen molar-refractivity contribution in [3.63, 3.8) is 0 Å². The molecule has 2 amide bonds. The van der Waals surface area contributed by atoms with Gasteiger partial charge >= 0.3 is 6.03 Å². The summed E-state index contributed by atoms with van der Waals surface area (Å²) in [5.41, 5.74) is 0.889. The number of hydrogen-bond acceptors (Lipinski definition) is 4. The third-order valence-corrected chi connectivity index (χ3v) is 4.98. The van der Waals surface area contributed by atoms with Crippen LogP contribution in [-0.4, -0.2) is 56.2 Å². The summed E-state index contributed by atoms with van der Waals surface area (Å²) >= 11 is 0. The Labute approximate surface area is 138 Å². The molecule has 126 valence electrons. The molecule has 2 N–H and O–H groups in total. The van der Waals surface area contributed by atoms with Gasteiger partial charge in [-0.1, -0.05) is 6.07 Å². The Hall–Kier alpha value is -1.82. The Kier molecular flexibility index (Phi) is 5.00. The van der Waals surface area contributed by atoms with Crippen LogP contribution < -0.4 is 15.5 Å². The maximum atomic E-state index is 12.4. The normalized spacial score (nSPS) is 24.0. The minimum atomic E-state index is 0.0370.